The van der Waals surface area contributed by atoms with Crippen LogP contribution in [-0.4, -0.2) is 86.5 Å². The van der Waals surface area contributed by atoms with Crippen LogP contribution >= 0.6 is 0 Å². The highest BCUT2D eigenvalue weighted by atomic mass is 16.6. The molecule has 1 saturated heterocycles. The Labute approximate surface area is 273 Å². The molecule has 1 aliphatic carbocycles. The van der Waals surface area contributed by atoms with Crippen LogP contribution in [-0.2, 0) is 33.4 Å². The van der Waals surface area contributed by atoms with Crippen molar-refractivity contribution in [3.8, 4) is 34.1 Å². The van der Waals surface area contributed by atoms with E-state index < -0.39 is 102 Å². The second-order valence-corrected chi connectivity index (χ2v) is 12.8. The Balaban J connectivity index is 1.52. The van der Waals surface area contributed by atoms with Gasteiger partial charge in [-0.15, -0.1) is 0 Å². The van der Waals surface area contributed by atoms with Crippen LogP contribution in [0.3, 0.4) is 0 Å². The molecule has 3 aliphatic heterocycles. The van der Waals surface area contributed by atoms with Gasteiger partial charge in [0, 0.05) is 43.2 Å². The highest BCUT2D eigenvalue weighted by Gasteiger charge is 2.59. The summed E-state index contributed by atoms with van der Waals surface area (Å²) in [4.78, 5) is 63.2. The zero-order chi connectivity index (χ0) is 34.9. The second kappa shape index (κ2) is 11.5. The van der Waals surface area contributed by atoms with Crippen molar-refractivity contribution in [3.05, 3.63) is 41.0 Å². The summed E-state index contributed by atoms with van der Waals surface area (Å²) in [5.74, 6) is -6.28. The summed E-state index contributed by atoms with van der Waals surface area (Å²) < 4.78 is 28.9. The zero-order valence-corrected chi connectivity index (χ0v) is 26.5. The van der Waals surface area contributed by atoms with Crippen molar-refractivity contribution in [2.75, 3.05) is 13.2 Å². The summed E-state index contributed by atoms with van der Waals surface area (Å²) in [5.41, 5.74) is -4.58. The van der Waals surface area contributed by atoms with E-state index in [0.29, 0.717) is 0 Å². The minimum absolute atomic E-state index is 0.0223. The summed E-state index contributed by atoms with van der Waals surface area (Å²) in [7, 11) is 0. The lowest BCUT2D eigenvalue weighted by Gasteiger charge is -2.47. The minimum atomic E-state index is -1.97. The third kappa shape index (κ3) is 4.93. The molecule has 4 aliphatic rings. The van der Waals surface area contributed by atoms with Gasteiger partial charge < -0.3 is 44.1 Å². The SMILES string of the molecule is CC(=O)OC[C@@]1([C@H]2OC(=O)C[C@@H]2C)CC(=O)c2c(O)ccc(-c3ccc4c(c3O)C(O)=C3C(=O)C[C@@H](C)[C@@H](OC(C)=O)[C@@]3(CO)O4)c2O1. The molecule has 6 rings (SSSR count). The van der Waals surface area contributed by atoms with E-state index in [0.717, 1.165) is 6.92 Å². The number of hydrogen-bond donors (Lipinski definition) is 4. The summed E-state index contributed by atoms with van der Waals surface area (Å²) in [6.07, 6.45) is -2.74. The predicted molar refractivity (Wildman–Crippen MR) is 162 cm³/mol. The van der Waals surface area contributed by atoms with Crippen LogP contribution < -0.4 is 9.47 Å². The number of ketones is 2. The number of phenolic OH excluding ortho intramolecular Hbond substituents is 2. The van der Waals surface area contributed by atoms with Crippen molar-refractivity contribution in [1.29, 1.82) is 0 Å². The Morgan fingerprint density at radius 1 is 0.896 bits per heavy atom. The molecule has 3 heterocycles. The van der Waals surface area contributed by atoms with Gasteiger partial charge in [0.15, 0.2) is 23.3 Å². The first-order valence-electron chi connectivity index (χ1n) is 15.4. The highest BCUT2D eigenvalue weighted by Crippen LogP contribution is 2.55. The van der Waals surface area contributed by atoms with Crippen molar-refractivity contribution in [1.82, 2.24) is 0 Å². The number of hydrogen-bond acceptors (Lipinski definition) is 14. The van der Waals surface area contributed by atoms with Crippen molar-refractivity contribution in [2.45, 2.75) is 70.4 Å². The summed E-state index contributed by atoms with van der Waals surface area (Å²) in [6, 6.07) is 5.28. The molecule has 48 heavy (non-hydrogen) atoms. The highest BCUT2D eigenvalue weighted by molar-refractivity contribution is 6.08. The summed E-state index contributed by atoms with van der Waals surface area (Å²) in [5, 5.41) is 44.6. The maximum atomic E-state index is 13.7. The van der Waals surface area contributed by atoms with Gasteiger partial charge in [-0.3, -0.25) is 24.0 Å². The molecule has 2 fully saturated rings. The number of fused-ring (bicyclic) bond motifs is 3. The number of esters is 3. The van der Waals surface area contributed by atoms with Crippen molar-refractivity contribution in [2.24, 2.45) is 11.8 Å². The fraction of sp³-hybridized carbons (Fsp3) is 0.441. The van der Waals surface area contributed by atoms with Crippen LogP contribution in [0, 0.1) is 11.8 Å². The van der Waals surface area contributed by atoms with Gasteiger partial charge in [0.25, 0.3) is 0 Å². The standard InChI is InChI=1S/C34H34O14/c1-14-9-21(39)27-29(43)26-23(47-34(27,12-35)32(14)45-17(4)37)8-6-18(28(26)42)19-5-7-20(38)25-22(40)11-33(48-30(19)25,13-44-16(3)36)31-15(2)10-24(41)46-31/h5-8,14-15,31-32,35,38,42-43H,9-13H2,1-4H3/t14-,15+,31+,32-,33-,34+/m1/s1. The molecule has 0 spiro atoms. The number of ether oxygens (including phenoxy) is 5. The average molecular weight is 667 g/mol. The summed E-state index contributed by atoms with van der Waals surface area (Å²) in [6.45, 7) is 4.36. The number of phenols is 2. The first-order valence-corrected chi connectivity index (χ1v) is 15.4. The number of aliphatic hydroxyl groups excluding tert-OH is 2. The predicted octanol–water partition coefficient (Wildman–Crippen LogP) is 2.92. The molecule has 6 atom stereocenters. The third-order valence-electron chi connectivity index (χ3n) is 9.39. The smallest absolute Gasteiger partial charge is 0.306 e. The van der Waals surface area contributed by atoms with E-state index in [9.17, 15) is 44.4 Å². The van der Waals surface area contributed by atoms with E-state index >= 15 is 0 Å². The molecule has 14 heteroatoms. The van der Waals surface area contributed by atoms with Gasteiger partial charge in [0.05, 0.1) is 25.0 Å². The minimum Gasteiger partial charge on any atom is -0.507 e. The molecule has 4 N–H and O–H groups in total. The van der Waals surface area contributed by atoms with E-state index in [-0.39, 0.29) is 52.2 Å². The Kier molecular flexibility index (Phi) is 7.89. The third-order valence-corrected chi connectivity index (χ3v) is 9.39. The van der Waals surface area contributed by atoms with Gasteiger partial charge in [0.1, 0.15) is 52.6 Å². The van der Waals surface area contributed by atoms with E-state index in [1.165, 1.54) is 31.2 Å². The number of benzene rings is 2. The number of carbonyl (C=O) groups excluding carboxylic acids is 5. The molecule has 0 bridgehead atoms. The lowest BCUT2D eigenvalue weighted by Crippen LogP contribution is -2.62. The number of cyclic esters (lactones) is 1. The fourth-order valence-corrected chi connectivity index (χ4v) is 7.40. The number of aromatic hydroxyl groups is 2. The lowest BCUT2D eigenvalue weighted by molar-refractivity contribution is -0.172. The van der Waals surface area contributed by atoms with Crippen LogP contribution in [0.25, 0.3) is 16.9 Å². The molecule has 2 aromatic carbocycles. The number of aliphatic hydroxyl groups is 2. The quantitative estimate of drug-likeness (QED) is 0.258. The van der Waals surface area contributed by atoms with Crippen LogP contribution in [0.2, 0.25) is 0 Å². The van der Waals surface area contributed by atoms with E-state index in [2.05, 4.69) is 0 Å². The van der Waals surface area contributed by atoms with Gasteiger partial charge in [-0.05, 0) is 24.3 Å². The van der Waals surface area contributed by atoms with Crippen LogP contribution in [0.15, 0.2) is 29.8 Å². The maximum Gasteiger partial charge on any atom is 0.306 e. The molecule has 1 saturated carbocycles. The second-order valence-electron chi connectivity index (χ2n) is 12.8. The Morgan fingerprint density at radius 2 is 1.60 bits per heavy atom. The van der Waals surface area contributed by atoms with Gasteiger partial charge in [-0.25, -0.2) is 0 Å². The molecule has 254 valence electrons. The normalized spacial score (nSPS) is 29.1. The molecule has 0 aromatic heterocycles. The largest absolute Gasteiger partial charge is 0.507 e. The van der Waals surface area contributed by atoms with Crippen molar-refractivity contribution in [3.63, 3.8) is 0 Å². The van der Waals surface area contributed by atoms with E-state index in [1.54, 1.807) is 13.8 Å². The van der Waals surface area contributed by atoms with Crippen molar-refractivity contribution >= 4 is 35.2 Å². The maximum absolute atomic E-state index is 13.7. The van der Waals surface area contributed by atoms with Gasteiger partial charge in [0.2, 0.25) is 5.60 Å². The number of carbonyl (C=O) groups is 5. The molecular weight excluding hydrogens is 632 g/mol. The van der Waals surface area contributed by atoms with Gasteiger partial charge in [-0.1, -0.05) is 13.8 Å². The van der Waals surface area contributed by atoms with Gasteiger partial charge >= 0.3 is 17.9 Å². The van der Waals surface area contributed by atoms with E-state index in [1.807, 2.05) is 0 Å². The zero-order valence-electron chi connectivity index (χ0n) is 26.5. The Morgan fingerprint density at radius 3 is 2.23 bits per heavy atom. The van der Waals surface area contributed by atoms with E-state index in [4.69, 9.17) is 23.7 Å². The monoisotopic (exact) mass is 666 g/mol. The topological polar surface area (TPSA) is 212 Å². The Hall–Kier alpha value is -5.11. The molecule has 14 nitrogen and oxygen atoms in total. The first kappa shape index (κ1) is 32.8. The first-order chi connectivity index (χ1) is 22.6. The molecular formula is C34H34O14. The summed E-state index contributed by atoms with van der Waals surface area (Å²) >= 11 is 0. The van der Waals surface area contributed by atoms with Crippen LogP contribution in [0.5, 0.6) is 23.0 Å². The molecule has 0 radical (unpaired) electrons. The molecule has 0 unspecified atom stereocenters. The lowest BCUT2D eigenvalue weighted by atomic mass is 9.69. The van der Waals surface area contributed by atoms with Crippen LogP contribution in [0.1, 0.15) is 62.9 Å². The van der Waals surface area contributed by atoms with Crippen molar-refractivity contribution < 1.29 is 68.1 Å². The average Bonchev–Trinajstić information content (AvgIpc) is 3.36. The van der Waals surface area contributed by atoms with Crippen LogP contribution in [0.4, 0.5) is 0 Å². The molecule has 0 amide bonds. The number of rotatable bonds is 6. The van der Waals surface area contributed by atoms with Gasteiger partial charge in [-0.2, -0.15) is 0 Å². The number of Topliss-reactive ketones (excluding diaryl/α,β-unsaturated/α-hetero) is 2. The fourth-order valence-electron chi connectivity index (χ4n) is 7.40. The molecule has 2 aromatic rings. The Bertz CT molecular complexity index is 1810.